The Bertz CT molecular complexity index is 2080. The van der Waals surface area contributed by atoms with Gasteiger partial charge in [-0.05, 0) is 78.1 Å². The van der Waals surface area contributed by atoms with Crippen LogP contribution < -0.4 is 18.9 Å². The molecule has 0 fully saturated rings. The lowest BCUT2D eigenvalue weighted by Crippen LogP contribution is -2.33. The standard InChI is InChI=1S/C45H50N2O10S/c1-4-53-44(49)31-55-38-21-16-35(17-22-38)40(36-18-23-39(24-19-36)56-32-45(50)54-5-2)28-47(27-33-12-8-6-9-13-33)29-42(48)37-20-25-43(41(26-37)46-58(3,51)52)57-30-34-14-10-7-11-15-34/h6-26,40,42,46,48H,4-5,27-32H2,1-3H3/t42-/m0/s1. The lowest BCUT2D eigenvalue weighted by Gasteiger charge is -2.30. The van der Waals surface area contributed by atoms with E-state index in [2.05, 4.69) is 9.62 Å². The van der Waals surface area contributed by atoms with Crippen LogP contribution in [0.2, 0.25) is 0 Å². The van der Waals surface area contributed by atoms with Crippen LogP contribution in [0.25, 0.3) is 0 Å². The van der Waals surface area contributed by atoms with E-state index in [4.69, 9.17) is 23.7 Å². The highest BCUT2D eigenvalue weighted by molar-refractivity contribution is 7.92. The highest BCUT2D eigenvalue weighted by Gasteiger charge is 2.23. The van der Waals surface area contributed by atoms with Gasteiger partial charge in [-0.1, -0.05) is 91.0 Å². The molecule has 0 aromatic heterocycles. The van der Waals surface area contributed by atoms with Crippen LogP contribution in [-0.2, 0) is 42.2 Å². The molecule has 0 saturated carbocycles. The number of sulfonamides is 1. The van der Waals surface area contributed by atoms with Crippen molar-refractivity contribution in [3.8, 4) is 17.2 Å². The van der Waals surface area contributed by atoms with Gasteiger partial charge in [0.1, 0.15) is 23.9 Å². The van der Waals surface area contributed by atoms with E-state index < -0.39 is 28.1 Å². The van der Waals surface area contributed by atoms with Gasteiger partial charge in [0.05, 0.1) is 31.3 Å². The first-order valence-electron chi connectivity index (χ1n) is 19.0. The first-order valence-corrected chi connectivity index (χ1v) is 20.9. The number of hydrogen-bond donors (Lipinski definition) is 2. The maximum Gasteiger partial charge on any atom is 0.344 e. The maximum absolute atomic E-state index is 12.4. The van der Waals surface area contributed by atoms with Crippen molar-refractivity contribution in [2.24, 2.45) is 0 Å². The molecule has 0 radical (unpaired) electrons. The lowest BCUT2D eigenvalue weighted by molar-refractivity contribution is -0.146. The van der Waals surface area contributed by atoms with Crippen LogP contribution in [0, 0.1) is 0 Å². The Kier molecular flexibility index (Phi) is 16.1. The van der Waals surface area contributed by atoms with E-state index in [0.717, 1.165) is 28.5 Å². The number of ether oxygens (including phenoxy) is 5. The van der Waals surface area contributed by atoms with E-state index >= 15 is 0 Å². The summed E-state index contributed by atoms with van der Waals surface area (Å²) in [6, 6.07) is 39.4. The van der Waals surface area contributed by atoms with Gasteiger partial charge in [-0.25, -0.2) is 18.0 Å². The van der Waals surface area contributed by atoms with Gasteiger partial charge in [0.25, 0.3) is 0 Å². The van der Waals surface area contributed by atoms with Gasteiger partial charge in [-0.15, -0.1) is 0 Å². The highest BCUT2D eigenvalue weighted by atomic mass is 32.2. The minimum atomic E-state index is -3.68. The molecule has 0 unspecified atom stereocenters. The summed E-state index contributed by atoms with van der Waals surface area (Å²) in [4.78, 5) is 26.0. The van der Waals surface area contributed by atoms with Gasteiger partial charge < -0.3 is 28.8 Å². The van der Waals surface area contributed by atoms with Crippen molar-refractivity contribution in [2.45, 2.75) is 39.0 Å². The van der Waals surface area contributed by atoms with Crippen LogP contribution in [0.15, 0.2) is 127 Å². The zero-order chi connectivity index (χ0) is 41.3. The molecule has 5 rings (SSSR count). The van der Waals surface area contributed by atoms with Crippen molar-refractivity contribution < 1.29 is 46.8 Å². The number of esters is 2. The van der Waals surface area contributed by atoms with Gasteiger partial charge in [0, 0.05) is 25.6 Å². The second-order valence-electron chi connectivity index (χ2n) is 13.5. The Morgan fingerprint density at radius 1 is 0.655 bits per heavy atom. The number of hydrogen-bond acceptors (Lipinski definition) is 11. The summed E-state index contributed by atoms with van der Waals surface area (Å²) in [5, 5.41) is 11.8. The number of aliphatic hydroxyl groups is 1. The van der Waals surface area contributed by atoms with Crippen LogP contribution in [0.1, 0.15) is 53.7 Å². The van der Waals surface area contributed by atoms with E-state index in [9.17, 15) is 23.1 Å². The second kappa shape index (κ2) is 21.6. The summed E-state index contributed by atoms with van der Waals surface area (Å²) < 4.78 is 54.7. The molecular formula is C45H50N2O10S. The van der Waals surface area contributed by atoms with Gasteiger partial charge in [-0.3, -0.25) is 9.62 Å². The molecule has 13 heteroatoms. The molecule has 0 spiro atoms. The molecule has 2 N–H and O–H groups in total. The molecule has 0 aliphatic heterocycles. The Morgan fingerprint density at radius 2 is 1.16 bits per heavy atom. The van der Waals surface area contributed by atoms with Gasteiger partial charge >= 0.3 is 11.9 Å². The van der Waals surface area contributed by atoms with Crippen LogP contribution in [-0.4, -0.2) is 76.1 Å². The fourth-order valence-electron chi connectivity index (χ4n) is 6.23. The summed E-state index contributed by atoms with van der Waals surface area (Å²) in [6.45, 7) is 4.92. The summed E-state index contributed by atoms with van der Waals surface area (Å²) in [7, 11) is -3.68. The van der Waals surface area contributed by atoms with Crippen molar-refractivity contribution in [1.29, 1.82) is 0 Å². The number of rotatable bonds is 22. The molecule has 0 bridgehead atoms. The topological polar surface area (TPSA) is 150 Å². The predicted molar refractivity (Wildman–Crippen MR) is 221 cm³/mol. The molecule has 0 heterocycles. The molecule has 0 amide bonds. The van der Waals surface area contributed by atoms with E-state index in [-0.39, 0.29) is 51.2 Å². The van der Waals surface area contributed by atoms with E-state index in [1.54, 1.807) is 56.3 Å². The van der Waals surface area contributed by atoms with Crippen LogP contribution >= 0.6 is 0 Å². The fourth-order valence-corrected chi connectivity index (χ4v) is 6.79. The third-order valence-corrected chi connectivity index (χ3v) is 9.52. The smallest absolute Gasteiger partial charge is 0.344 e. The minimum Gasteiger partial charge on any atom is -0.487 e. The van der Waals surface area contributed by atoms with Crippen molar-refractivity contribution >= 4 is 27.6 Å². The minimum absolute atomic E-state index is 0.190. The van der Waals surface area contributed by atoms with Crippen molar-refractivity contribution in [1.82, 2.24) is 4.90 Å². The van der Waals surface area contributed by atoms with E-state index in [1.807, 2.05) is 84.9 Å². The normalized spacial score (nSPS) is 11.8. The first kappa shape index (κ1) is 43.2. The number of carbonyl (C=O) groups excluding carboxylic acids is 2. The number of carbonyl (C=O) groups is 2. The number of aliphatic hydroxyl groups excluding tert-OH is 1. The molecule has 0 aliphatic carbocycles. The fraction of sp³-hybridized carbons (Fsp3) is 0.289. The maximum atomic E-state index is 12.4. The Morgan fingerprint density at radius 3 is 1.66 bits per heavy atom. The second-order valence-corrected chi connectivity index (χ2v) is 15.2. The quantitative estimate of drug-likeness (QED) is 0.0704. The molecule has 0 aliphatic rings. The van der Waals surface area contributed by atoms with Crippen LogP contribution in [0.4, 0.5) is 5.69 Å². The number of anilines is 1. The Balaban J connectivity index is 1.43. The Labute approximate surface area is 340 Å². The summed E-state index contributed by atoms with van der Waals surface area (Å²) >= 11 is 0. The average Bonchev–Trinajstić information content (AvgIpc) is 3.21. The SMILES string of the molecule is CCOC(=O)COc1ccc(C(CN(Cc2ccccc2)C[C@H](O)c2ccc(OCc3ccccc3)c(NS(C)(=O)=O)c2)c2ccc(OCC(=O)OCC)cc2)cc1. The van der Waals surface area contributed by atoms with Gasteiger partial charge in [0.2, 0.25) is 10.0 Å². The summed E-state index contributed by atoms with van der Waals surface area (Å²) in [5.74, 6) is 0.187. The van der Waals surface area contributed by atoms with Crippen molar-refractivity contribution in [3.05, 3.63) is 155 Å². The zero-order valence-electron chi connectivity index (χ0n) is 32.9. The number of benzene rings is 5. The van der Waals surface area contributed by atoms with E-state index in [1.165, 1.54) is 0 Å². The molecule has 1 atom stereocenters. The molecular weight excluding hydrogens is 761 g/mol. The van der Waals surface area contributed by atoms with Gasteiger partial charge in [0.15, 0.2) is 13.2 Å². The molecule has 58 heavy (non-hydrogen) atoms. The Hall–Kier alpha value is -5.89. The zero-order valence-corrected chi connectivity index (χ0v) is 33.7. The van der Waals surface area contributed by atoms with Gasteiger partial charge in [-0.2, -0.15) is 0 Å². The average molecular weight is 811 g/mol. The van der Waals surface area contributed by atoms with Crippen LogP contribution in [0.5, 0.6) is 17.2 Å². The first-order chi connectivity index (χ1) is 28.0. The third-order valence-electron chi connectivity index (χ3n) is 8.93. The van der Waals surface area contributed by atoms with Crippen LogP contribution in [0.3, 0.4) is 0 Å². The molecule has 12 nitrogen and oxygen atoms in total. The molecule has 5 aromatic carbocycles. The number of nitrogens with zero attached hydrogens (tertiary/aromatic N) is 1. The third kappa shape index (κ3) is 13.9. The van der Waals surface area contributed by atoms with Crippen molar-refractivity contribution in [3.63, 3.8) is 0 Å². The monoisotopic (exact) mass is 810 g/mol. The van der Waals surface area contributed by atoms with E-state index in [0.29, 0.717) is 35.9 Å². The highest BCUT2D eigenvalue weighted by Crippen LogP contribution is 2.33. The predicted octanol–water partition coefficient (Wildman–Crippen LogP) is 6.89. The molecule has 0 saturated heterocycles. The number of nitrogens with one attached hydrogen (secondary N) is 1. The lowest BCUT2D eigenvalue weighted by atomic mass is 9.90. The van der Waals surface area contributed by atoms with Crippen molar-refractivity contribution in [2.75, 3.05) is 50.5 Å². The largest absolute Gasteiger partial charge is 0.487 e. The summed E-state index contributed by atoms with van der Waals surface area (Å²) in [5.41, 5.74) is 4.55. The summed E-state index contributed by atoms with van der Waals surface area (Å²) in [6.07, 6.45) is 0.0432. The molecule has 5 aromatic rings. The molecule has 306 valence electrons.